The lowest BCUT2D eigenvalue weighted by Crippen LogP contribution is -2.43. The van der Waals surface area contributed by atoms with Crippen molar-refractivity contribution in [1.29, 1.82) is 5.26 Å². The van der Waals surface area contributed by atoms with Gasteiger partial charge < -0.3 is 10.1 Å². The molecule has 40 heavy (non-hydrogen) atoms. The molecule has 1 heterocycles. The van der Waals surface area contributed by atoms with E-state index in [4.69, 9.17) is 21.3 Å². The monoisotopic (exact) mass is 569 g/mol. The maximum atomic E-state index is 12.5. The maximum absolute atomic E-state index is 12.5. The molecule has 0 saturated carbocycles. The SMILES string of the molecule is CC(C)(C)OC(=O)N/C(=N\Sc1ccccc1)NCc1cnc(-c2ccc(Cl)cc2)c(-c2ccc(C#N)cc2)c1. The van der Waals surface area contributed by atoms with Gasteiger partial charge in [-0.05, 0) is 74.4 Å². The topological polar surface area (TPSA) is 99.4 Å². The van der Waals surface area contributed by atoms with Gasteiger partial charge in [-0.15, -0.1) is 0 Å². The third-order valence-corrected chi connectivity index (χ3v) is 6.46. The summed E-state index contributed by atoms with van der Waals surface area (Å²) in [4.78, 5) is 18.2. The van der Waals surface area contributed by atoms with Gasteiger partial charge in [0.05, 0.1) is 17.3 Å². The third kappa shape index (κ3) is 8.34. The summed E-state index contributed by atoms with van der Waals surface area (Å²) in [5, 5.41) is 15.8. The van der Waals surface area contributed by atoms with Gasteiger partial charge in [-0.3, -0.25) is 10.3 Å². The number of guanidine groups is 1. The first-order valence-electron chi connectivity index (χ1n) is 12.5. The zero-order valence-corrected chi connectivity index (χ0v) is 23.9. The average molecular weight is 570 g/mol. The molecular weight excluding hydrogens is 542 g/mol. The van der Waals surface area contributed by atoms with Crippen LogP contribution in [0.3, 0.4) is 0 Å². The van der Waals surface area contributed by atoms with Crippen LogP contribution in [-0.4, -0.2) is 22.6 Å². The van der Waals surface area contributed by atoms with Gasteiger partial charge in [-0.1, -0.05) is 54.1 Å². The number of hydrogen-bond acceptors (Lipinski definition) is 6. The van der Waals surface area contributed by atoms with E-state index in [1.807, 2.05) is 72.8 Å². The summed E-state index contributed by atoms with van der Waals surface area (Å²) >= 11 is 7.34. The molecule has 0 aliphatic rings. The number of ether oxygens (including phenoxy) is 1. The molecule has 0 aliphatic heterocycles. The number of pyridine rings is 1. The summed E-state index contributed by atoms with van der Waals surface area (Å²) in [6, 6.07) is 28.7. The maximum Gasteiger partial charge on any atom is 0.414 e. The Morgan fingerprint density at radius 2 is 1.70 bits per heavy atom. The van der Waals surface area contributed by atoms with Gasteiger partial charge in [0.1, 0.15) is 5.60 Å². The molecule has 4 rings (SSSR count). The highest BCUT2D eigenvalue weighted by Crippen LogP contribution is 2.32. The van der Waals surface area contributed by atoms with Crippen LogP contribution in [0.25, 0.3) is 22.4 Å². The number of nitrogens with zero attached hydrogens (tertiary/aromatic N) is 3. The highest BCUT2D eigenvalue weighted by molar-refractivity contribution is 7.98. The molecule has 0 atom stereocenters. The molecule has 3 aromatic carbocycles. The third-order valence-electron chi connectivity index (χ3n) is 5.45. The van der Waals surface area contributed by atoms with Crippen LogP contribution in [0.2, 0.25) is 5.02 Å². The van der Waals surface area contributed by atoms with Gasteiger partial charge in [-0.2, -0.15) is 9.66 Å². The van der Waals surface area contributed by atoms with E-state index in [0.717, 1.165) is 32.8 Å². The van der Waals surface area contributed by atoms with Crippen LogP contribution in [0.15, 0.2) is 100 Å². The predicted molar refractivity (Wildman–Crippen MR) is 161 cm³/mol. The van der Waals surface area contributed by atoms with Crippen molar-refractivity contribution in [3.8, 4) is 28.5 Å². The molecule has 0 aliphatic carbocycles. The summed E-state index contributed by atoms with van der Waals surface area (Å²) in [6.45, 7) is 5.73. The smallest absolute Gasteiger partial charge is 0.414 e. The van der Waals surface area contributed by atoms with Crippen LogP contribution >= 0.6 is 23.5 Å². The number of halogens is 1. The Balaban J connectivity index is 1.61. The van der Waals surface area contributed by atoms with E-state index in [0.29, 0.717) is 17.1 Å². The molecule has 4 aromatic rings. The average Bonchev–Trinajstić information content (AvgIpc) is 2.94. The molecule has 0 saturated heterocycles. The lowest BCUT2D eigenvalue weighted by atomic mass is 9.97. The van der Waals surface area contributed by atoms with Crippen molar-refractivity contribution in [3.63, 3.8) is 0 Å². The van der Waals surface area contributed by atoms with Crippen molar-refractivity contribution in [1.82, 2.24) is 15.6 Å². The molecule has 0 bridgehead atoms. The number of nitrogens with one attached hydrogen (secondary N) is 2. The normalized spacial score (nSPS) is 11.4. The fourth-order valence-corrected chi connectivity index (χ4v) is 4.36. The molecule has 0 fully saturated rings. The second-order valence-corrected chi connectivity index (χ2v) is 11.0. The van der Waals surface area contributed by atoms with Gasteiger partial charge in [-0.25, -0.2) is 4.79 Å². The molecule has 0 unspecified atom stereocenters. The molecule has 1 aromatic heterocycles. The van der Waals surface area contributed by atoms with E-state index in [9.17, 15) is 10.1 Å². The standard InChI is InChI=1S/C31H28ClN5O2S/c1-31(2,3)39-30(38)36-29(37-40-26-7-5-4-6-8-26)35-20-22-17-27(23-11-9-21(18-33)10-12-23)28(34-19-22)24-13-15-25(32)16-14-24/h4-17,19H,20H2,1-3H3,(H2,35,36,37,38). The fraction of sp³-hybridized carbons (Fsp3) is 0.161. The minimum atomic E-state index is -0.654. The quantitative estimate of drug-likeness (QED) is 0.141. The Bertz CT molecular complexity index is 1530. The van der Waals surface area contributed by atoms with E-state index >= 15 is 0 Å². The summed E-state index contributed by atoms with van der Waals surface area (Å²) in [6.07, 6.45) is 1.17. The lowest BCUT2D eigenvalue weighted by Gasteiger charge is -2.20. The molecule has 202 valence electrons. The van der Waals surface area contributed by atoms with E-state index in [-0.39, 0.29) is 5.96 Å². The zero-order valence-electron chi connectivity index (χ0n) is 22.3. The van der Waals surface area contributed by atoms with Crippen LogP contribution in [0.1, 0.15) is 31.9 Å². The van der Waals surface area contributed by atoms with Gasteiger partial charge in [0.25, 0.3) is 0 Å². The van der Waals surface area contributed by atoms with Gasteiger partial charge >= 0.3 is 6.09 Å². The first-order valence-corrected chi connectivity index (χ1v) is 13.6. The number of alkyl carbamates (subject to hydrolysis) is 1. The number of rotatable bonds is 6. The molecule has 0 spiro atoms. The molecule has 0 radical (unpaired) electrons. The zero-order chi connectivity index (χ0) is 28.5. The molecule has 1 amide bonds. The second kappa shape index (κ2) is 13.2. The summed E-state index contributed by atoms with van der Waals surface area (Å²) in [5.74, 6) is 0.254. The lowest BCUT2D eigenvalue weighted by molar-refractivity contribution is 0.0561. The number of aromatic nitrogens is 1. The molecule has 9 heteroatoms. The van der Waals surface area contributed by atoms with Crippen LogP contribution in [-0.2, 0) is 11.3 Å². The van der Waals surface area contributed by atoms with Crippen molar-refractivity contribution < 1.29 is 9.53 Å². The van der Waals surface area contributed by atoms with Crippen LogP contribution < -0.4 is 10.6 Å². The first kappa shape index (κ1) is 28.7. The number of nitriles is 1. The van der Waals surface area contributed by atoms with Crippen molar-refractivity contribution >= 4 is 35.6 Å². The van der Waals surface area contributed by atoms with Gasteiger partial charge in [0, 0.05) is 45.7 Å². The van der Waals surface area contributed by atoms with Crippen molar-refractivity contribution in [3.05, 3.63) is 107 Å². The Labute approximate surface area is 243 Å². The highest BCUT2D eigenvalue weighted by Gasteiger charge is 2.18. The van der Waals surface area contributed by atoms with E-state index in [2.05, 4.69) is 21.1 Å². The number of amides is 1. The number of carbonyl (C=O) groups excluding carboxylic acids is 1. The fourth-order valence-electron chi connectivity index (χ4n) is 3.65. The van der Waals surface area contributed by atoms with Crippen molar-refractivity contribution in [2.24, 2.45) is 4.40 Å². The number of benzene rings is 3. The molecule has 2 N–H and O–H groups in total. The summed E-state index contributed by atoms with van der Waals surface area (Å²) in [7, 11) is 0. The second-order valence-electron chi connectivity index (χ2n) is 9.76. The Morgan fingerprint density at radius 3 is 2.35 bits per heavy atom. The molecular formula is C31H28ClN5O2S. The number of hydrogen-bond donors (Lipinski definition) is 2. The largest absolute Gasteiger partial charge is 0.444 e. The summed E-state index contributed by atoms with van der Waals surface area (Å²) in [5.41, 5.74) is 4.29. The Hall–Kier alpha value is -4.32. The van der Waals surface area contributed by atoms with E-state index in [1.165, 1.54) is 11.9 Å². The minimum absolute atomic E-state index is 0.254. The van der Waals surface area contributed by atoms with Crippen molar-refractivity contribution in [2.75, 3.05) is 0 Å². The van der Waals surface area contributed by atoms with Crippen molar-refractivity contribution in [2.45, 2.75) is 37.8 Å². The van der Waals surface area contributed by atoms with Gasteiger partial charge in [0.2, 0.25) is 5.96 Å². The Morgan fingerprint density at radius 1 is 1.02 bits per heavy atom. The Kier molecular flexibility index (Phi) is 9.43. The predicted octanol–water partition coefficient (Wildman–Crippen LogP) is 7.62. The van der Waals surface area contributed by atoms with E-state index in [1.54, 1.807) is 39.1 Å². The first-order chi connectivity index (χ1) is 19.2. The van der Waals surface area contributed by atoms with Gasteiger partial charge in [0.15, 0.2) is 0 Å². The molecule has 7 nitrogen and oxygen atoms in total. The number of carbonyl (C=O) groups is 1. The van der Waals surface area contributed by atoms with Crippen LogP contribution in [0.4, 0.5) is 4.79 Å². The highest BCUT2D eigenvalue weighted by atomic mass is 35.5. The summed E-state index contributed by atoms with van der Waals surface area (Å²) < 4.78 is 9.92. The van der Waals surface area contributed by atoms with Crippen LogP contribution in [0.5, 0.6) is 0 Å². The minimum Gasteiger partial charge on any atom is -0.444 e. The van der Waals surface area contributed by atoms with E-state index < -0.39 is 11.7 Å². The van der Waals surface area contributed by atoms with Crippen LogP contribution in [0, 0.1) is 11.3 Å².